The van der Waals surface area contributed by atoms with E-state index in [1.54, 1.807) is 0 Å². The highest BCUT2D eigenvalue weighted by molar-refractivity contribution is 5.48. The summed E-state index contributed by atoms with van der Waals surface area (Å²) in [4.78, 5) is 2.46. The van der Waals surface area contributed by atoms with Crippen LogP contribution >= 0.6 is 0 Å². The van der Waals surface area contributed by atoms with Crippen LogP contribution in [-0.4, -0.2) is 32.8 Å². The van der Waals surface area contributed by atoms with Crippen molar-refractivity contribution in [3.8, 4) is 0 Å². The average molecular weight is 248 g/mol. The molecule has 0 aliphatic carbocycles. The number of benzene rings is 1. The highest BCUT2D eigenvalue weighted by atomic mass is 16.5. The van der Waals surface area contributed by atoms with Crippen LogP contribution in [0.4, 0.5) is 5.69 Å². The Labute approximate surface area is 110 Å². The predicted octanol–water partition coefficient (Wildman–Crippen LogP) is 2.41. The Kier molecular flexibility index (Phi) is 5.49. The van der Waals surface area contributed by atoms with Crippen molar-refractivity contribution in [2.24, 2.45) is 0 Å². The fraction of sp³-hybridized carbons (Fsp3) is 0.600. The van der Waals surface area contributed by atoms with E-state index in [4.69, 9.17) is 4.74 Å². The molecule has 3 heteroatoms. The van der Waals surface area contributed by atoms with Crippen molar-refractivity contribution in [3.63, 3.8) is 0 Å². The first-order chi connectivity index (χ1) is 8.90. The normalized spacial score (nSPS) is 15.3. The molecule has 0 bridgehead atoms. The summed E-state index contributed by atoms with van der Waals surface area (Å²) in [7, 11) is 0. The second kappa shape index (κ2) is 7.39. The second-order valence-corrected chi connectivity index (χ2v) is 4.73. The molecule has 100 valence electrons. The van der Waals surface area contributed by atoms with Gasteiger partial charge in [-0.25, -0.2) is 0 Å². The fourth-order valence-electron chi connectivity index (χ4n) is 2.32. The lowest BCUT2D eigenvalue weighted by Crippen LogP contribution is -2.20. The van der Waals surface area contributed by atoms with Gasteiger partial charge in [0.25, 0.3) is 0 Å². The minimum absolute atomic E-state index is 0.794. The number of nitrogens with zero attached hydrogens (tertiary/aromatic N) is 1. The monoisotopic (exact) mass is 248 g/mol. The number of hydrogen-bond acceptors (Lipinski definition) is 3. The van der Waals surface area contributed by atoms with Crippen LogP contribution in [-0.2, 0) is 11.3 Å². The van der Waals surface area contributed by atoms with Crippen molar-refractivity contribution in [3.05, 3.63) is 29.8 Å². The molecule has 0 saturated carbocycles. The van der Waals surface area contributed by atoms with E-state index in [0.717, 1.165) is 26.3 Å². The molecule has 1 heterocycles. The van der Waals surface area contributed by atoms with E-state index in [1.807, 2.05) is 6.92 Å². The minimum atomic E-state index is 0.794. The maximum atomic E-state index is 5.29. The van der Waals surface area contributed by atoms with Crippen LogP contribution in [0.3, 0.4) is 0 Å². The third kappa shape index (κ3) is 4.00. The molecule has 2 rings (SSSR count). The Balaban J connectivity index is 1.73. The van der Waals surface area contributed by atoms with E-state index in [0.29, 0.717) is 0 Å². The van der Waals surface area contributed by atoms with Gasteiger partial charge in [0.15, 0.2) is 0 Å². The van der Waals surface area contributed by atoms with Gasteiger partial charge in [-0.15, -0.1) is 0 Å². The van der Waals surface area contributed by atoms with Crippen LogP contribution in [0, 0.1) is 0 Å². The van der Waals surface area contributed by atoms with E-state index in [1.165, 1.54) is 37.2 Å². The van der Waals surface area contributed by atoms with Crippen LogP contribution < -0.4 is 10.2 Å². The van der Waals surface area contributed by atoms with Gasteiger partial charge in [-0.3, -0.25) is 0 Å². The summed E-state index contributed by atoms with van der Waals surface area (Å²) >= 11 is 0. The topological polar surface area (TPSA) is 24.5 Å². The molecule has 0 radical (unpaired) electrons. The zero-order chi connectivity index (χ0) is 12.6. The third-order valence-corrected chi connectivity index (χ3v) is 3.36. The van der Waals surface area contributed by atoms with E-state index < -0.39 is 0 Å². The summed E-state index contributed by atoms with van der Waals surface area (Å²) in [6, 6.07) is 8.93. The second-order valence-electron chi connectivity index (χ2n) is 4.73. The van der Waals surface area contributed by atoms with Crippen molar-refractivity contribution in [2.45, 2.75) is 26.3 Å². The zero-order valence-electron chi connectivity index (χ0n) is 11.3. The standard InChI is InChI=1S/C15H24N2O/c1-2-18-12-9-16-13-14-5-7-15(8-6-14)17-10-3-4-11-17/h5-8,16H,2-4,9-13H2,1H3. The van der Waals surface area contributed by atoms with Gasteiger partial charge in [0.1, 0.15) is 0 Å². The molecule has 0 atom stereocenters. The molecule has 1 aliphatic rings. The Morgan fingerprint density at radius 1 is 1.17 bits per heavy atom. The Hall–Kier alpha value is -1.06. The van der Waals surface area contributed by atoms with E-state index >= 15 is 0 Å². The first-order valence-corrected chi connectivity index (χ1v) is 7.02. The van der Waals surface area contributed by atoms with Gasteiger partial charge >= 0.3 is 0 Å². The molecule has 1 saturated heterocycles. The van der Waals surface area contributed by atoms with Gasteiger partial charge in [0.2, 0.25) is 0 Å². The quantitative estimate of drug-likeness (QED) is 0.750. The lowest BCUT2D eigenvalue weighted by molar-refractivity contribution is 0.149. The number of ether oxygens (including phenoxy) is 1. The highest BCUT2D eigenvalue weighted by Crippen LogP contribution is 2.20. The van der Waals surface area contributed by atoms with Gasteiger partial charge in [-0.2, -0.15) is 0 Å². The van der Waals surface area contributed by atoms with Crippen LogP contribution in [0.2, 0.25) is 0 Å². The molecular formula is C15H24N2O. The van der Waals surface area contributed by atoms with E-state index in [9.17, 15) is 0 Å². The molecule has 3 nitrogen and oxygen atoms in total. The number of rotatable bonds is 7. The minimum Gasteiger partial charge on any atom is -0.380 e. The largest absolute Gasteiger partial charge is 0.380 e. The Morgan fingerprint density at radius 2 is 1.89 bits per heavy atom. The van der Waals surface area contributed by atoms with Crippen molar-refractivity contribution in [2.75, 3.05) is 37.7 Å². The van der Waals surface area contributed by atoms with Gasteiger partial charge in [-0.1, -0.05) is 12.1 Å². The van der Waals surface area contributed by atoms with Crippen molar-refractivity contribution < 1.29 is 4.74 Å². The van der Waals surface area contributed by atoms with Gasteiger partial charge in [0, 0.05) is 38.5 Å². The SMILES string of the molecule is CCOCCNCc1ccc(N2CCCC2)cc1. The van der Waals surface area contributed by atoms with Gasteiger partial charge < -0.3 is 15.0 Å². The maximum Gasteiger partial charge on any atom is 0.0590 e. The lowest BCUT2D eigenvalue weighted by Gasteiger charge is -2.17. The molecule has 1 aromatic carbocycles. The molecule has 0 amide bonds. The molecule has 1 fully saturated rings. The first kappa shape index (κ1) is 13.4. The smallest absolute Gasteiger partial charge is 0.0590 e. The Bertz CT molecular complexity index is 331. The van der Waals surface area contributed by atoms with E-state index in [-0.39, 0.29) is 0 Å². The highest BCUT2D eigenvalue weighted by Gasteiger charge is 2.11. The van der Waals surface area contributed by atoms with Crippen molar-refractivity contribution in [1.29, 1.82) is 0 Å². The number of hydrogen-bond donors (Lipinski definition) is 1. The molecule has 1 aromatic rings. The summed E-state index contributed by atoms with van der Waals surface area (Å²) in [5, 5.41) is 3.39. The first-order valence-electron chi connectivity index (χ1n) is 7.02. The average Bonchev–Trinajstić information content (AvgIpc) is 2.93. The summed E-state index contributed by atoms with van der Waals surface area (Å²) in [5.41, 5.74) is 2.71. The van der Waals surface area contributed by atoms with E-state index in [2.05, 4.69) is 34.5 Å². The van der Waals surface area contributed by atoms with Crippen LogP contribution in [0.25, 0.3) is 0 Å². The third-order valence-electron chi connectivity index (χ3n) is 3.36. The number of nitrogens with one attached hydrogen (secondary N) is 1. The summed E-state index contributed by atoms with van der Waals surface area (Å²) in [5.74, 6) is 0. The summed E-state index contributed by atoms with van der Waals surface area (Å²) in [6.45, 7) is 7.89. The van der Waals surface area contributed by atoms with Gasteiger partial charge in [0.05, 0.1) is 6.61 Å². The molecule has 1 N–H and O–H groups in total. The Morgan fingerprint density at radius 3 is 2.56 bits per heavy atom. The molecule has 0 aromatic heterocycles. The van der Waals surface area contributed by atoms with Crippen molar-refractivity contribution in [1.82, 2.24) is 5.32 Å². The molecule has 1 aliphatic heterocycles. The molecule has 0 spiro atoms. The van der Waals surface area contributed by atoms with Crippen LogP contribution in [0.5, 0.6) is 0 Å². The molecule has 0 unspecified atom stereocenters. The predicted molar refractivity (Wildman–Crippen MR) is 76.1 cm³/mol. The fourth-order valence-corrected chi connectivity index (χ4v) is 2.32. The van der Waals surface area contributed by atoms with Gasteiger partial charge in [-0.05, 0) is 37.5 Å². The maximum absolute atomic E-state index is 5.29. The summed E-state index contributed by atoms with van der Waals surface area (Å²) in [6.07, 6.45) is 2.67. The zero-order valence-corrected chi connectivity index (χ0v) is 11.3. The summed E-state index contributed by atoms with van der Waals surface area (Å²) < 4.78 is 5.29. The lowest BCUT2D eigenvalue weighted by atomic mass is 10.2. The molecular weight excluding hydrogens is 224 g/mol. The van der Waals surface area contributed by atoms with Crippen LogP contribution in [0.1, 0.15) is 25.3 Å². The number of anilines is 1. The van der Waals surface area contributed by atoms with Crippen LogP contribution in [0.15, 0.2) is 24.3 Å². The molecule has 18 heavy (non-hydrogen) atoms. The van der Waals surface area contributed by atoms with Crippen molar-refractivity contribution >= 4 is 5.69 Å².